The maximum atomic E-state index is 15.9. The molecule has 468 valence electrons. The van der Waals surface area contributed by atoms with Gasteiger partial charge in [0.15, 0.2) is 11.9 Å². The number of carboxylic acid groups (broad SMARTS) is 1. The van der Waals surface area contributed by atoms with Gasteiger partial charge in [0.25, 0.3) is 5.91 Å². The standard InChI is InChI=1S/C69H91NO16/c1-45-52(44-69(81)62(85-64(79)50-37-29-24-30-38-50)60-67(6,53(73)43-51-41-42-68(51,60)86-47(3)72)61(77)58(82-46(2)71)56(45)66(69,4)5)83-65(80)59(57(48-33-25-22-26-34-48)70-63(78)49-35-27-23-28-36-49)84-55(76)40-32-21-19-17-15-13-11-9-7-8-10-12-14-16-18-20-31-39-54(74)75/h22-30,33-38,51-53,57-60,62,73,81H,7-21,31-32,39-44H2,1-6H3,(H,70,78)(H,74,75)/p-1/t51-,52+,53+,57+,58-,59-,60+,62+,67-,68+,69-/m1/s1. The summed E-state index contributed by atoms with van der Waals surface area (Å²) in [5.41, 5.74) is -6.75. The highest BCUT2D eigenvalue weighted by atomic mass is 16.6. The van der Waals surface area contributed by atoms with Gasteiger partial charge in [0.1, 0.15) is 29.5 Å². The van der Waals surface area contributed by atoms with Crippen molar-refractivity contribution in [1.29, 1.82) is 0 Å². The highest BCUT2D eigenvalue weighted by molar-refractivity contribution is 5.96. The fourth-order valence-electron chi connectivity index (χ4n) is 14.2. The number of nitrogens with one attached hydrogen (secondary N) is 1. The molecule has 3 N–H and O–H groups in total. The van der Waals surface area contributed by atoms with Gasteiger partial charge in [0, 0.05) is 49.6 Å². The van der Waals surface area contributed by atoms with E-state index in [2.05, 4.69) is 5.32 Å². The Morgan fingerprint density at radius 2 is 1.16 bits per heavy atom. The average molecular weight is 1190 g/mol. The minimum absolute atomic E-state index is 0.00793. The number of carbonyl (C=O) groups is 8. The van der Waals surface area contributed by atoms with Gasteiger partial charge in [0.05, 0.1) is 23.0 Å². The molecule has 3 saturated carbocycles. The lowest BCUT2D eigenvalue weighted by molar-refractivity contribution is -0.305. The minimum atomic E-state index is -2.40. The number of carboxylic acids is 1. The third-order valence-electron chi connectivity index (χ3n) is 19.1. The third kappa shape index (κ3) is 15.5. The summed E-state index contributed by atoms with van der Waals surface area (Å²) < 4.78 is 31.6. The number of benzene rings is 3. The van der Waals surface area contributed by atoms with Gasteiger partial charge >= 0.3 is 29.8 Å². The first kappa shape index (κ1) is 66.8. The van der Waals surface area contributed by atoms with E-state index in [0.717, 1.165) is 64.7 Å². The maximum absolute atomic E-state index is 15.9. The molecule has 0 aromatic heterocycles. The zero-order valence-electron chi connectivity index (χ0n) is 51.2. The van der Waals surface area contributed by atoms with E-state index < -0.39 is 124 Å². The van der Waals surface area contributed by atoms with Crippen molar-refractivity contribution in [2.75, 3.05) is 0 Å². The number of aliphatic hydroxyl groups excluding tert-OH is 1. The van der Waals surface area contributed by atoms with E-state index in [1.807, 2.05) is 0 Å². The van der Waals surface area contributed by atoms with Crippen LogP contribution in [0, 0.1) is 22.7 Å². The summed E-state index contributed by atoms with van der Waals surface area (Å²) in [6.07, 6.45) is 9.20. The number of carbonyl (C=O) groups excluding carboxylic acids is 8. The lowest BCUT2D eigenvalue weighted by Crippen LogP contribution is -2.78. The first-order valence-electron chi connectivity index (χ1n) is 31.4. The van der Waals surface area contributed by atoms with Crippen LogP contribution in [-0.2, 0) is 52.5 Å². The number of aliphatic hydroxyl groups is 2. The summed E-state index contributed by atoms with van der Waals surface area (Å²) in [6, 6.07) is 23.4. The summed E-state index contributed by atoms with van der Waals surface area (Å²) in [6.45, 7) is 8.57. The SMILES string of the molecule is CC(=O)O[C@H]1C(=O)[C@@]2(C)[C@H]([C@H](OC(=O)c3ccccc3)[C@]3(O)C[C@H](OC(=O)[C@H](OC(=O)CCCCCCCCCCCCCCCCCCCC(=O)[O-])[C@@H](NC(=O)c4ccccc4)c4ccccc4)C(C)=C1C3(C)C)[C@]1(OC(C)=O)CC[C@@H]1C[C@@H]2O. The van der Waals surface area contributed by atoms with Crippen LogP contribution >= 0.6 is 0 Å². The van der Waals surface area contributed by atoms with Crippen molar-refractivity contribution in [2.24, 2.45) is 22.7 Å². The highest BCUT2D eigenvalue weighted by Gasteiger charge is 2.77. The number of aliphatic carboxylic acids is 1. The lowest BCUT2D eigenvalue weighted by atomic mass is 9.41. The molecule has 0 unspecified atom stereocenters. The van der Waals surface area contributed by atoms with E-state index in [-0.39, 0.29) is 48.0 Å². The van der Waals surface area contributed by atoms with Crippen molar-refractivity contribution in [3.63, 3.8) is 0 Å². The molecule has 0 spiro atoms. The first-order chi connectivity index (χ1) is 41.1. The number of amides is 1. The molecule has 3 aromatic carbocycles. The van der Waals surface area contributed by atoms with Gasteiger partial charge in [-0.2, -0.15) is 0 Å². The Kier molecular flexibility index (Phi) is 23.5. The van der Waals surface area contributed by atoms with Crippen molar-refractivity contribution in [3.8, 4) is 0 Å². The monoisotopic (exact) mass is 1190 g/mol. The fraction of sp³-hybridized carbons (Fsp3) is 0.594. The Bertz CT molecular complexity index is 2850. The van der Waals surface area contributed by atoms with Crippen LogP contribution in [0.2, 0.25) is 0 Å². The molecule has 0 heterocycles. The van der Waals surface area contributed by atoms with Crippen molar-refractivity contribution in [1.82, 2.24) is 5.32 Å². The second-order valence-electron chi connectivity index (χ2n) is 25.1. The van der Waals surface area contributed by atoms with Crippen LogP contribution in [0.3, 0.4) is 0 Å². The largest absolute Gasteiger partial charge is 0.550 e. The zero-order chi connectivity index (χ0) is 62.2. The summed E-state index contributed by atoms with van der Waals surface area (Å²) in [4.78, 5) is 112. The van der Waals surface area contributed by atoms with Gasteiger partial charge in [0.2, 0.25) is 6.10 Å². The molecule has 4 aliphatic rings. The molecule has 17 heteroatoms. The van der Waals surface area contributed by atoms with Crippen molar-refractivity contribution < 1.29 is 77.4 Å². The van der Waals surface area contributed by atoms with Crippen LogP contribution in [-0.4, -0.2) is 99.4 Å². The number of Topliss-reactive ketones (excluding diaryl/α,β-unsaturated/α-hetero) is 1. The number of ether oxygens (including phenoxy) is 5. The van der Waals surface area contributed by atoms with Gasteiger partial charge < -0.3 is 49.1 Å². The van der Waals surface area contributed by atoms with Crippen molar-refractivity contribution in [3.05, 3.63) is 119 Å². The van der Waals surface area contributed by atoms with Gasteiger partial charge in [-0.25, -0.2) is 9.59 Å². The quantitative estimate of drug-likeness (QED) is 0.0234. The van der Waals surface area contributed by atoms with E-state index in [1.165, 1.54) is 64.5 Å². The number of esters is 5. The molecule has 86 heavy (non-hydrogen) atoms. The van der Waals surface area contributed by atoms with Crippen LogP contribution in [0.5, 0.6) is 0 Å². The van der Waals surface area contributed by atoms with Gasteiger partial charge in [-0.05, 0) is 93.3 Å². The second-order valence-corrected chi connectivity index (χ2v) is 25.1. The Balaban J connectivity index is 1.14. The molecule has 17 nitrogen and oxygen atoms in total. The van der Waals surface area contributed by atoms with Crippen LogP contribution in [0.15, 0.2) is 102 Å². The van der Waals surface area contributed by atoms with E-state index in [1.54, 1.807) is 99.6 Å². The predicted molar refractivity (Wildman–Crippen MR) is 317 cm³/mol. The van der Waals surface area contributed by atoms with Gasteiger partial charge in [-0.1, -0.05) is 177 Å². The molecule has 2 bridgehead atoms. The van der Waals surface area contributed by atoms with E-state index in [0.29, 0.717) is 24.8 Å². The molecule has 0 radical (unpaired) electrons. The number of ketones is 1. The molecule has 0 aliphatic heterocycles. The second kappa shape index (κ2) is 30.3. The van der Waals surface area contributed by atoms with Crippen molar-refractivity contribution in [2.45, 2.75) is 237 Å². The van der Waals surface area contributed by atoms with Gasteiger partial charge in [-0.15, -0.1) is 0 Å². The summed E-state index contributed by atoms with van der Waals surface area (Å²) in [5.74, 6) is -8.76. The number of hydrogen-bond donors (Lipinski definition) is 3. The average Bonchev–Trinajstić information content (AvgIpc) is 0.674. The molecular formula is C69H90NO16-. The maximum Gasteiger partial charge on any atom is 0.350 e. The number of rotatable bonds is 31. The molecule has 7 rings (SSSR count). The van der Waals surface area contributed by atoms with E-state index in [4.69, 9.17) is 23.7 Å². The van der Waals surface area contributed by atoms with Gasteiger partial charge in [-0.3, -0.25) is 24.0 Å². The molecule has 11 atom stereocenters. The lowest BCUT2D eigenvalue weighted by Gasteiger charge is -2.68. The zero-order valence-corrected chi connectivity index (χ0v) is 51.2. The molecule has 3 aromatic rings. The number of hydrogen-bond acceptors (Lipinski definition) is 16. The molecule has 3 fully saturated rings. The van der Waals surface area contributed by atoms with Crippen LogP contribution in [0.25, 0.3) is 0 Å². The van der Waals surface area contributed by atoms with Crippen LogP contribution < -0.4 is 10.4 Å². The predicted octanol–water partition coefficient (Wildman–Crippen LogP) is 10.5. The molecular weight excluding hydrogens is 1100 g/mol. The van der Waals surface area contributed by atoms with Crippen LogP contribution in [0.4, 0.5) is 0 Å². The topological polar surface area (TPSA) is 258 Å². The summed E-state index contributed by atoms with van der Waals surface area (Å²) >= 11 is 0. The Labute approximate surface area is 506 Å². The van der Waals surface area contributed by atoms with E-state index >= 15 is 9.59 Å². The molecule has 0 saturated heterocycles. The highest BCUT2D eigenvalue weighted by Crippen LogP contribution is 2.67. The minimum Gasteiger partial charge on any atom is -0.550 e. The molecule has 1 amide bonds. The summed E-state index contributed by atoms with van der Waals surface area (Å²) in [5, 5.41) is 40.0. The Morgan fingerprint density at radius 3 is 1.65 bits per heavy atom. The third-order valence-corrected chi connectivity index (χ3v) is 19.1. The summed E-state index contributed by atoms with van der Waals surface area (Å²) in [7, 11) is 0. The fourth-order valence-corrected chi connectivity index (χ4v) is 14.2. The van der Waals surface area contributed by atoms with Crippen LogP contribution in [0.1, 0.15) is 222 Å². The first-order valence-corrected chi connectivity index (χ1v) is 31.4. The Morgan fingerprint density at radius 1 is 0.663 bits per heavy atom. The van der Waals surface area contributed by atoms with Crippen molar-refractivity contribution >= 4 is 47.5 Å². The molecule has 4 aliphatic carbocycles. The Hall–Kier alpha value is -6.72. The van der Waals surface area contributed by atoms with E-state index in [9.17, 15) is 44.1 Å². The number of fused-ring (bicyclic) bond motifs is 5. The smallest absolute Gasteiger partial charge is 0.350 e. The number of unbranched alkanes of at least 4 members (excludes halogenated alkanes) is 16. The normalized spacial score (nSPS) is 26.2.